The van der Waals surface area contributed by atoms with Crippen molar-refractivity contribution in [3.8, 4) is 0 Å². The number of imide groups is 1. The van der Waals surface area contributed by atoms with Crippen LogP contribution in [0.5, 0.6) is 0 Å². The lowest BCUT2D eigenvalue weighted by molar-refractivity contribution is -0.154. The summed E-state index contributed by atoms with van der Waals surface area (Å²) < 4.78 is 10.6. The van der Waals surface area contributed by atoms with Crippen LogP contribution in [0.2, 0.25) is 0 Å². The lowest BCUT2D eigenvalue weighted by atomic mass is 10.1. The maximum Gasteiger partial charge on any atom is 0.424 e. The number of fused-ring (bicyclic) bond motifs is 1. The van der Waals surface area contributed by atoms with Crippen molar-refractivity contribution in [3.05, 3.63) is 35.4 Å². The van der Waals surface area contributed by atoms with Gasteiger partial charge in [0.1, 0.15) is 23.8 Å². The molecule has 1 unspecified atom stereocenters. The Morgan fingerprint density at radius 2 is 1.49 bits per heavy atom. The highest BCUT2D eigenvalue weighted by Gasteiger charge is 2.42. The van der Waals surface area contributed by atoms with Gasteiger partial charge in [-0.25, -0.2) is 20.0 Å². The van der Waals surface area contributed by atoms with E-state index in [1.165, 1.54) is 12.1 Å². The Kier molecular flexibility index (Phi) is 8.61. The summed E-state index contributed by atoms with van der Waals surface area (Å²) in [6.07, 6.45) is -0.798. The second kappa shape index (κ2) is 10.9. The van der Waals surface area contributed by atoms with Crippen LogP contribution in [0, 0.1) is 0 Å². The Hall–Kier alpha value is -3.47. The highest BCUT2D eigenvalue weighted by molar-refractivity contribution is 6.22. The van der Waals surface area contributed by atoms with Gasteiger partial charge in [-0.2, -0.15) is 0 Å². The summed E-state index contributed by atoms with van der Waals surface area (Å²) >= 11 is 0. The number of benzene rings is 1. The Bertz CT molecular complexity index is 958. The van der Waals surface area contributed by atoms with E-state index in [0.717, 1.165) is 9.91 Å². The third-order valence-corrected chi connectivity index (χ3v) is 4.73. The summed E-state index contributed by atoms with van der Waals surface area (Å²) in [6, 6.07) is 4.71. The number of hydrogen-bond acceptors (Lipinski definition) is 8. The zero-order valence-corrected chi connectivity index (χ0v) is 20.9. The average Bonchev–Trinajstić information content (AvgIpc) is 2.95. The number of rotatable bonds is 9. The molecule has 1 atom stereocenters. The average molecular weight is 492 g/mol. The van der Waals surface area contributed by atoms with E-state index in [4.69, 9.17) is 9.47 Å². The zero-order chi connectivity index (χ0) is 26.6. The predicted molar refractivity (Wildman–Crippen MR) is 124 cm³/mol. The first-order valence-corrected chi connectivity index (χ1v) is 11.3. The fraction of sp³-hybridized carbons (Fsp3) is 0.542. The van der Waals surface area contributed by atoms with Crippen LogP contribution in [-0.2, 0) is 19.1 Å². The van der Waals surface area contributed by atoms with E-state index in [1.54, 1.807) is 53.7 Å². The van der Waals surface area contributed by atoms with Crippen LogP contribution in [0.4, 0.5) is 4.79 Å². The van der Waals surface area contributed by atoms with Gasteiger partial charge in [-0.1, -0.05) is 12.1 Å². The van der Waals surface area contributed by atoms with Crippen LogP contribution < -0.4 is 5.43 Å². The van der Waals surface area contributed by atoms with Crippen LogP contribution >= 0.6 is 0 Å². The molecule has 0 fully saturated rings. The van der Waals surface area contributed by atoms with Gasteiger partial charge in [0.2, 0.25) is 0 Å². The summed E-state index contributed by atoms with van der Waals surface area (Å²) in [7, 11) is 0. The molecule has 2 N–H and O–H groups in total. The van der Waals surface area contributed by atoms with E-state index in [9.17, 15) is 29.1 Å². The van der Waals surface area contributed by atoms with Gasteiger partial charge in [-0.15, -0.1) is 0 Å². The molecule has 2 rings (SSSR count). The third kappa shape index (κ3) is 7.78. The molecule has 0 aromatic heterocycles. The first kappa shape index (κ1) is 27.8. The number of aliphatic carboxylic acids is 1. The smallest absolute Gasteiger partial charge is 0.424 e. The molecule has 0 spiro atoms. The molecule has 35 heavy (non-hydrogen) atoms. The number of amides is 3. The number of carboxylic acids is 1. The minimum atomic E-state index is -1.42. The summed E-state index contributed by atoms with van der Waals surface area (Å²) in [5, 5.41) is 10.8. The summed E-state index contributed by atoms with van der Waals surface area (Å²) in [5.41, 5.74) is 1.44. The molecule has 1 aromatic carbocycles. The standard InChI is InChI=1S/C24H33N3O8/c1-23(2,3)34-18(28)14-25-26(22(33)35-24(4,5)6)13-9-12-17(21(31)32)27-19(29)15-10-7-8-11-16(15)20(27)30/h7-8,10-11,17,25H,9,12-14H2,1-6H3,(H,31,32). The molecule has 11 heteroatoms. The van der Waals surface area contributed by atoms with Crippen molar-refractivity contribution in [2.24, 2.45) is 0 Å². The van der Waals surface area contributed by atoms with Crippen molar-refractivity contribution in [3.63, 3.8) is 0 Å². The van der Waals surface area contributed by atoms with Gasteiger partial charge in [0, 0.05) is 6.54 Å². The topological polar surface area (TPSA) is 143 Å². The van der Waals surface area contributed by atoms with Crippen LogP contribution in [0.1, 0.15) is 75.1 Å². The maximum absolute atomic E-state index is 12.7. The van der Waals surface area contributed by atoms with Crippen molar-refractivity contribution < 1.29 is 38.6 Å². The molecule has 1 aromatic rings. The highest BCUT2D eigenvalue weighted by atomic mass is 16.6. The van der Waals surface area contributed by atoms with Crippen LogP contribution in [0.25, 0.3) is 0 Å². The predicted octanol–water partition coefficient (Wildman–Crippen LogP) is 2.60. The van der Waals surface area contributed by atoms with E-state index >= 15 is 0 Å². The summed E-state index contributed by atoms with van der Waals surface area (Å²) in [5.74, 6) is -3.29. The van der Waals surface area contributed by atoms with Crippen LogP contribution in [0.15, 0.2) is 24.3 Å². The quantitative estimate of drug-likeness (QED) is 0.303. The summed E-state index contributed by atoms with van der Waals surface area (Å²) in [6.45, 7) is 9.80. The van der Waals surface area contributed by atoms with E-state index in [2.05, 4.69) is 5.43 Å². The number of carbonyl (C=O) groups excluding carboxylic acids is 4. The van der Waals surface area contributed by atoms with Crippen molar-refractivity contribution in [1.29, 1.82) is 0 Å². The first-order valence-electron chi connectivity index (χ1n) is 11.3. The molecular weight excluding hydrogens is 458 g/mol. The molecule has 0 saturated carbocycles. The second-order valence-electron chi connectivity index (χ2n) is 10.1. The molecule has 1 aliphatic rings. The lowest BCUT2D eigenvalue weighted by Gasteiger charge is -2.29. The van der Waals surface area contributed by atoms with Gasteiger partial charge < -0.3 is 14.6 Å². The van der Waals surface area contributed by atoms with E-state index in [-0.39, 0.29) is 37.1 Å². The minimum Gasteiger partial charge on any atom is -0.480 e. The van der Waals surface area contributed by atoms with Crippen molar-refractivity contribution in [1.82, 2.24) is 15.3 Å². The monoisotopic (exact) mass is 491 g/mol. The molecule has 11 nitrogen and oxygen atoms in total. The first-order chi connectivity index (χ1) is 16.1. The minimum absolute atomic E-state index is 0.0509. The van der Waals surface area contributed by atoms with Gasteiger partial charge in [0.05, 0.1) is 11.1 Å². The molecule has 0 saturated heterocycles. The van der Waals surface area contributed by atoms with E-state index in [0.29, 0.717) is 0 Å². The van der Waals surface area contributed by atoms with Crippen LogP contribution in [0.3, 0.4) is 0 Å². The fourth-order valence-corrected chi connectivity index (χ4v) is 3.39. The Balaban J connectivity index is 2.08. The van der Waals surface area contributed by atoms with Gasteiger partial charge in [0.25, 0.3) is 11.8 Å². The Morgan fingerprint density at radius 1 is 0.971 bits per heavy atom. The summed E-state index contributed by atoms with van der Waals surface area (Å²) in [4.78, 5) is 62.8. The molecule has 1 aliphatic heterocycles. The fourth-order valence-electron chi connectivity index (χ4n) is 3.39. The second-order valence-corrected chi connectivity index (χ2v) is 10.1. The van der Waals surface area contributed by atoms with Gasteiger partial charge in [0.15, 0.2) is 0 Å². The third-order valence-electron chi connectivity index (χ3n) is 4.73. The largest absolute Gasteiger partial charge is 0.480 e. The molecule has 192 valence electrons. The number of nitrogens with one attached hydrogen (secondary N) is 1. The zero-order valence-electron chi connectivity index (χ0n) is 20.9. The van der Waals surface area contributed by atoms with Crippen molar-refractivity contribution in [2.45, 2.75) is 71.6 Å². The van der Waals surface area contributed by atoms with E-state index < -0.39 is 47.1 Å². The number of hydrogen-bond donors (Lipinski definition) is 2. The van der Waals surface area contributed by atoms with Gasteiger partial charge in [-0.3, -0.25) is 19.3 Å². The lowest BCUT2D eigenvalue weighted by Crippen LogP contribution is -2.49. The van der Waals surface area contributed by atoms with Gasteiger partial charge >= 0.3 is 18.0 Å². The number of hydrazine groups is 1. The number of carboxylic acid groups (broad SMARTS) is 1. The Labute approximate surface area is 204 Å². The van der Waals surface area contributed by atoms with Crippen molar-refractivity contribution in [2.75, 3.05) is 13.1 Å². The number of ether oxygens (including phenoxy) is 2. The SMILES string of the molecule is CC(C)(C)OC(=O)CNN(CCCC(C(=O)O)N1C(=O)c2ccccc2C1=O)C(=O)OC(C)(C)C. The van der Waals surface area contributed by atoms with Crippen molar-refractivity contribution >= 4 is 29.8 Å². The van der Waals surface area contributed by atoms with Gasteiger partial charge in [-0.05, 0) is 66.5 Å². The molecule has 0 bridgehead atoms. The molecular formula is C24H33N3O8. The number of nitrogens with zero attached hydrogens (tertiary/aromatic N) is 2. The van der Waals surface area contributed by atoms with E-state index in [1.807, 2.05) is 0 Å². The number of esters is 1. The highest BCUT2D eigenvalue weighted by Crippen LogP contribution is 2.26. The Morgan fingerprint density at radius 3 is 1.94 bits per heavy atom. The molecule has 0 radical (unpaired) electrons. The number of carbonyl (C=O) groups is 5. The maximum atomic E-state index is 12.7. The molecule has 0 aliphatic carbocycles. The normalized spacial score (nSPS) is 14.4. The molecule has 3 amide bonds. The molecule has 1 heterocycles. The van der Waals surface area contributed by atoms with Crippen LogP contribution in [-0.4, -0.2) is 75.2 Å².